The predicted molar refractivity (Wildman–Crippen MR) is 67.2 cm³/mol. The van der Waals surface area contributed by atoms with E-state index in [9.17, 15) is 4.79 Å². The molecule has 17 heavy (non-hydrogen) atoms. The van der Waals surface area contributed by atoms with E-state index in [1.807, 2.05) is 18.5 Å². The number of hydrogen-bond donors (Lipinski definition) is 2. The topological polar surface area (TPSA) is 81.6 Å². The number of carbonyl (C=O) groups excluding carboxylic acids is 1. The number of aromatic nitrogens is 4. The van der Waals surface area contributed by atoms with Crippen molar-refractivity contribution in [3.63, 3.8) is 0 Å². The van der Waals surface area contributed by atoms with E-state index >= 15 is 0 Å². The average Bonchev–Trinajstić information content (AvgIpc) is 2.75. The third-order valence-electron chi connectivity index (χ3n) is 2.88. The van der Waals surface area contributed by atoms with E-state index in [1.54, 1.807) is 11.5 Å². The van der Waals surface area contributed by atoms with Gasteiger partial charge < -0.3 is 10.7 Å². The zero-order valence-corrected chi connectivity index (χ0v) is 10.8. The van der Waals surface area contributed by atoms with Crippen molar-refractivity contribution in [1.29, 1.82) is 0 Å². The summed E-state index contributed by atoms with van der Waals surface area (Å²) < 4.78 is 4.03. The summed E-state index contributed by atoms with van der Waals surface area (Å²) in [5.74, 6) is -0.413. The summed E-state index contributed by atoms with van der Waals surface area (Å²) in [6.07, 6.45) is 0. The first-order valence-corrected chi connectivity index (χ1v) is 5.85. The van der Waals surface area contributed by atoms with Crippen molar-refractivity contribution in [2.24, 2.45) is 5.73 Å². The zero-order valence-electron chi connectivity index (χ0n) is 10.0. The van der Waals surface area contributed by atoms with Gasteiger partial charge in [0.15, 0.2) is 10.4 Å². The van der Waals surface area contributed by atoms with Crippen LogP contribution in [0.25, 0.3) is 11.2 Å². The van der Waals surface area contributed by atoms with Crippen molar-refractivity contribution in [3.05, 3.63) is 10.5 Å². The number of primary amides is 1. The van der Waals surface area contributed by atoms with E-state index in [0.29, 0.717) is 11.3 Å². The fourth-order valence-electron chi connectivity index (χ4n) is 1.93. The van der Waals surface area contributed by atoms with Crippen molar-refractivity contribution in [2.75, 3.05) is 0 Å². The highest BCUT2D eigenvalue weighted by Crippen LogP contribution is 2.21. The molecule has 0 saturated carbocycles. The number of H-pyrrole nitrogens is 1. The van der Waals surface area contributed by atoms with Gasteiger partial charge >= 0.3 is 0 Å². The third-order valence-corrected chi connectivity index (χ3v) is 3.18. The van der Waals surface area contributed by atoms with Gasteiger partial charge in [-0.05, 0) is 33.0 Å². The summed E-state index contributed by atoms with van der Waals surface area (Å²) in [7, 11) is 0. The molecule has 0 saturated heterocycles. The lowest BCUT2D eigenvalue weighted by Crippen LogP contribution is -2.24. The normalized spacial score (nSPS) is 13.1. The fourth-order valence-corrected chi connectivity index (χ4v) is 2.28. The van der Waals surface area contributed by atoms with Gasteiger partial charge in [-0.1, -0.05) is 0 Å². The lowest BCUT2D eigenvalue weighted by Gasteiger charge is -2.11. The average molecular weight is 253 g/mol. The maximum Gasteiger partial charge on any atom is 0.240 e. The lowest BCUT2D eigenvalue weighted by molar-refractivity contribution is -0.120. The Hall–Kier alpha value is -1.63. The quantitative estimate of drug-likeness (QED) is 0.808. The molecule has 1 unspecified atom stereocenters. The Morgan fingerprint density at radius 1 is 1.65 bits per heavy atom. The summed E-state index contributed by atoms with van der Waals surface area (Å²) in [5, 5.41) is 4.38. The molecule has 0 spiro atoms. The van der Waals surface area contributed by atoms with Gasteiger partial charge in [0.2, 0.25) is 5.91 Å². The first-order valence-electron chi connectivity index (χ1n) is 5.44. The van der Waals surface area contributed by atoms with Crippen LogP contribution in [0.1, 0.15) is 25.6 Å². The third kappa shape index (κ3) is 1.66. The van der Waals surface area contributed by atoms with Crippen molar-refractivity contribution < 1.29 is 4.79 Å². The Kier molecular flexibility index (Phi) is 2.78. The highest BCUT2D eigenvalue weighted by molar-refractivity contribution is 7.71. The van der Waals surface area contributed by atoms with Crippen molar-refractivity contribution in [2.45, 2.75) is 33.4 Å². The monoisotopic (exact) mass is 253 g/mol. The molecule has 1 atom stereocenters. The molecule has 3 N–H and O–H groups in total. The van der Waals surface area contributed by atoms with Gasteiger partial charge in [-0.15, -0.1) is 0 Å². The maximum atomic E-state index is 11.3. The van der Waals surface area contributed by atoms with E-state index in [2.05, 4.69) is 10.1 Å². The van der Waals surface area contributed by atoms with Gasteiger partial charge in [-0.25, -0.2) is 4.68 Å². The largest absolute Gasteiger partial charge is 0.368 e. The fraction of sp³-hybridized carbons (Fsp3) is 0.500. The first kappa shape index (κ1) is 11.8. The lowest BCUT2D eigenvalue weighted by atomic mass is 10.3. The molecule has 0 aliphatic heterocycles. The molecule has 0 aliphatic rings. The second kappa shape index (κ2) is 3.99. The van der Waals surface area contributed by atoms with E-state index < -0.39 is 11.9 Å². The minimum absolute atomic E-state index is 0.413. The zero-order chi connectivity index (χ0) is 12.7. The number of aryl methyl sites for hydroxylation is 2. The Morgan fingerprint density at radius 2 is 2.29 bits per heavy atom. The molecular weight excluding hydrogens is 238 g/mol. The summed E-state index contributed by atoms with van der Waals surface area (Å²) in [6.45, 7) is 6.33. The number of fused-ring (bicyclic) bond motifs is 1. The molecule has 0 fully saturated rings. The molecule has 92 valence electrons. The van der Waals surface area contributed by atoms with Crippen LogP contribution < -0.4 is 5.73 Å². The van der Waals surface area contributed by atoms with Crippen LogP contribution >= 0.6 is 12.2 Å². The number of nitrogens with zero attached hydrogens (tertiary/aromatic N) is 3. The van der Waals surface area contributed by atoms with Crippen molar-refractivity contribution >= 4 is 29.3 Å². The highest BCUT2D eigenvalue weighted by Gasteiger charge is 2.20. The van der Waals surface area contributed by atoms with Crippen LogP contribution in [0.5, 0.6) is 0 Å². The maximum absolute atomic E-state index is 11.3. The van der Waals surface area contributed by atoms with Crippen LogP contribution in [-0.2, 0) is 11.3 Å². The molecular formula is C10H15N5OS. The molecule has 6 nitrogen and oxygen atoms in total. The Morgan fingerprint density at radius 3 is 2.82 bits per heavy atom. The van der Waals surface area contributed by atoms with Crippen molar-refractivity contribution in [3.8, 4) is 0 Å². The highest BCUT2D eigenvalue weighted by atomic mass is 32.1. The minimum Gasteiger partial charge on any atom is -0.368 e. The number of amides is 1. The van der Waals surface area contributed by atoms with Crippen LogP contribution in [0.4, 0.5) is 0 Å². The SMILES string of the molecule is CCn1nc(C)c2[nH]c(=S)n(C(C)C(N)=O)c21. The van der Waals surface area contributed by atoms with Gasteiger partial charge in [-0.2, -0.15) is 5.10 Å². The number of nitrogens with one attached hydrogen (secondary N) is 1. The van der Waals surface area contributed by atoms with Gasteiger partial charge in [0.25, 0.3) is 0 Å². The van der Waals surface area contributed by atoms with E-state index in [4.69, 9.17) is 18.0 Å². The molecule has 0 radical (unpaired) electrons. The number of nitrogens with two attached hydrogens (primary N) is 1. The standard InChI is InChI=1S/C10H15N5OS/c1-4-14-9-7(5(2)13-14)12-10(17)15(9)6(3)8(11)16/h6H,4H2,1-3H3,(H2,11,16)(H,12,17). The number of imidazole rings is 1. The second-order valence-corrected chi connectivity index (χ2v) is 4.36. The molecule has 7 heteroatoms. The van der Waals surface area contributed by atoms with Crippen LogP contribution in [0.2, 0.25) is 0 Å². The summed E-state index contributed by atoms with van der Waals surface area (Å²) in [4.78, 5) is 14.4. The summed E-state index contributed by atoms with van der Waals surface area (Å²) >= 11 is 5.23. The molecule has 2 rings (SSSR count). The van der Waals surface area contributed by atoms with E-state index in [-0.39, 0.29) is 0 Å². The minimum atomic E-state index is -0.488. The van der Waals surface area contributed by atoms with Crippen LogP contribution in [0.15, 0.2) is 0 Å². The molecule has 1 amide bonds. The summed E-state index contributed by atoms with van der Waals surface area (Å²) in [5.41, 5.74) is 7.89. The molecule has 2 aromatic rings. The van der Waals surface area contributed by atoms with Gasteiger partial charge in [0.1, 0.15) is 11.6 Å². The Bertz CT molecular complexity index is 635. The molecule has 0 aliphatic carbocycles. The second-order valence-electron chi connectivity index (χ2n) is 3.98. The van der Waals surface area contributed by atoms with Crippen LogP contribution in [-0.4, -0.2) is 25.2 Å². The smallest absolute Gasteiger partial charge is 0.240 e. The van der Waals surface area contributed by atoms with E-state index in [1.165, 1.54) is 0 Å². The predicted octanol–water partition coefficient (Wildman–Crippen LogP) is 1.27. The summed E-state index contributed by atoms with van der Waals surface area (Å²) in [6, 6.07) is -0.488. The Labute approximate surface area is 103 Å². The van der Waals surface area contributed by atoms with Gasteiger partial charge in [-0.3, -0.25) is 9.36 Å². The molecule has 2 heterocycles. The number of rotatable bonds is 3. The molecule has 2 aromatic heterocycles. The van der Waals surface area contributed by atoms with E-state index in [0.717, 1.165) is 16.9 Å². The number of aromatic amines is 1. The first-order chi connectivity index (χ1) is 7.97. The van der Waals surface area contributed by atoms with Crippen LogP contribution in [0.3, 0.4) is 0 Å². The van der Waals surface area contributed by atoms with Crippen molar-refractivity contribution in [1.82, 2.24) is 19.3 Å². The van der Waals surface area contributed by atoms with Gasteiger partial charge in [0, 0.05) is 6.54 Å². The number of hydrogen-bond acceptors (Lipinski definition) is 3. The van der Waals surface area contributed by atoms with Crippen LogP contribution in [0, 0.1) is 11.7 Å². The van der Waals surface area contributed by atoms with Gasteiger partial charge in [0.05, 0.1) is 5.69 Å². The Balaban J connectivity index is 2.82. The molecule has 0 aromatic carbocycles. The number of carbonyl (C=O) groups is 1. The molecule has 0 bridgehead atoms.